The molecule has 0 amide bonds. The number of hydrogen-bond acceptors (Lipinski definition) is 2. The molecule has 0 aliphatic rings. The van der Waals surface area contributed by atoms with Gasteiger partial charge < -0.3 is 10.1 Å². The Balaban J connectivity index is 2.92. The van der Waals surface area contributed by atoms with Crippen molar-refractivity contribution >= 4 is 21.6 Å². The highest BCUT2D eigenvalue weighted by molar-refractivity contribution is 9.10. The van der Waals surface area contributed by atoms with Crippen LogP contribution in [-0.2, 0) is 0 Å². The first kappa shape index (κ1) is 11.9. The molecule has 0 heterocycles. The highest BCUT2D eigenvalue weighted by Gasteiger charge is 2.07. The van der Waals surface area contributed by atoms with Gasteiger partial charge in [-0.25, -0.2) is 0 Å². The SMILES string of the molecule is C#CC(CC)Nc1cc(Br)ccc1OC. The van der Waals surface area contributed by atoms with Crippen molar-refractivity contribution in [1.29, 1.82) is 0 Å². The molecule has 15 heavy (non-hydrogen) atoms. The zero-order chi connectivity index (χ0) is 11.3. The van der Waals surface area contributed by atoms with Gasteiger partial charge in [-0.15, -0.1) is 6.42 Å². The van der Waals surface area contributed by atoms with E-state index in [9.17, 15) is 0 Å². The van der Waals surface area contributed by atoms with Crippen LogP contribution >= 0.6 is 15.9 Å². The molecule has 3 heteroatoms. The molecule has 0 aliphatic heterocycles. The van der Waals surface area contributed by atoms with Crippen molar-refractivity contribution in [2.45, 2.75) is 19.4 Å². The van der Waals surface area contributed by atoms with Crippen LogP contribution in [0.2, 0.25) is 0 Å². The number of nitrogens with one attached hydrogen (secondary N) is 1. The summed E-state index contributed by atoms with van der Waals surface area (Å²) in [5.74, 6) is 3.49. The van der Waals surface area contributed by atoms with Crippen molar-refractivity contribution in [1.82, 2.24) is 0 Å². The fourth-order valence-electron chi connectivity index (χ4n) is 1.24. The lowest BCUT2D eigenvalue weighted by Crippen LogP contribution is -2.16. The van der Waals surface area contributed by atoms with E-state index < -0.39 is 0 Å². The summed E-state index contributed by atoms with van der Waals surface area (Å²) in [6.07, 6.45) is 6.28. The van der Waals surface area contributed by atoms with Crippen LogP contribution in [0.5, 0.6) is 5.75 Å². The first-order valence-electron chi connectivity index (χ1n) is 4.77. The number of methoxy groups -OCH3 is 1. The maximum Gasteiger partial charge on any atom is 0.142 e. The fraction of sp³-hybridized carbons (Fsp3) is 0.333. The average molecular weight is 268 g/mol. The van der Waals surface area contributed by atoms with Gasteiger partial charge in [0.15, 0.2) is 0 Å². The Labute approximate surface area is 99.2 Å². The second-order valence-corrected chi connectivity index (χ2v) is 4.03. The van der Waals surface area contributed by atoms with Gasteiger partial charge in [0.05, 0.1) is 18.8 Å². The van der Waals surface area contributed by atoms with Crippen molar-refractivity contribution in [2.75, 3.05) is 12.4 Å². The second-order valence-electron chi connectivity index (χ2n) is 3.12. The molecule has 1 aromatic rings. The molecule has 0 saturated heterocycles. The number of terminal acetylenes is 1. The smallest absolute Gasteiger partial charge is 0.142 e. The van der Waals surface area contributed by atoms with Crippen LogP contribution in [0.1, 0.15) is 13.3 Å². The summed E-state index contributed by atoms with van der Waals surface area (Å²) in [4.78, 5) is 0. The molecule has 0 saturated carbocycles. The zero-order valence-electron chi connectivity index (χ0n) is 8.88. The molecular weight excluding hydrogens is 254 g/mol. The Morgan fingerprint density at radius 1 is 1.60 bits per heavy atom. The van der Waals surface area contributed by atoms with Gasteiger partial charge in [0.25, 0.3) is 0 Å². The summed E-state index contributed by atoms with van der Waals surface area (Å²) in [5, 5.41) is 3.25. The minimum absolute atomic E-state index is 0.0354. The van der Waals surface area contributed by atoms with Gasteiger partial charge in [0.2, 0.25) is 0 Å². The van der Waals surface area contributed by atoms with E-state index in [-0.39, 0.29) is 6.04 Å². The van der Waals surface area contributed by atoms with Crippen molar-refractivity contribution < 1.29 is 4.74 Å². The Morgan fingerprint density at radius 3 is 2.87 bits per heavy atom. The third kappa shape index (κ3) is 3.17. The molecule has 1 aromatic carbocycles. The van der Waals surface area contributed by atoms with Crippen LogP contribution in [0.3, 0.4) is 0 Å². The molecule has 1 rings (SSSR count). The largest absolute Gasteiger partial charge is 0.495 e. The van der Waals surface area contributed by atoms with E-state index in [0.29, 0.717) is 0 Å². The summed E-state index contributed by atoms with van der Waals surface area (Å²) >= 11 is 3.41. The number of hydrogen-bond donors (Lipinski definition) is 1. The minimum atomic E-state index is 0.0354. The molecule has 0 spiro atoms. The zero-order valence-corrected chi connectivity index (χ0v) is 10.5. The minimum Gasteiger partial charge on any atom is -0.495 e. The van der Waals surface area contributed by atoms with E-state index >= 15 is 0 Å². The summed E-state index contributed by atoms with van der Waals surface area (Å²) in [5.41, 5.74) is 0.914. The molecule has 0 bridgehead atoms. The van der Waals surface area contributed by atoms with E-state index in [1.165, 1.54) is 0 Å². The van der Waals surface area contributed by atoms with Crippen LogP contribution in [0, 0.1) is 12.3 Å². The normalized spacial score (nSPS) is 11.6. The van der Waals surface area contributed by atoms with Gasteiger partial charge >= 0.3 is 0 Å². The van der Waals surface area contributed by atoms with Gasteiger partial charge in [-0.1, -0.05) is 28.8 Å². The topological polar surface area (TPSA) is 21.3 Å². The lowest BCUT2D eigenvalue weighted by molar-refractivity contribution is 0.416. The number of ether oxygens (including phenoxy) is 1. The van der Waals surface area contributed by atoms with Gasteiger partial charge in [-0.2, -0.15) is 0 Å². The van der Waals surface area contributed by atoms with E-state index in [2.05, 4.69) is 27.2 Å². The van der Waals surface area contributed by atoms with E-state index in [1.54, 1.807) is 7.11 Å². The van der Waals surface area contributed by atoms with Gasteiger partial charge in [0.1, 0.15) is 5.75 Å². The Hall–Kier alpha value is -1.14. The monoisotopic (exact) mass is 267 g/mol. The lowest BCUT2D eigenvalue weighted by Gasteiger charge is -2.15. The number of rotatable bonds is 4. The number of anilines is 1. The summed E-state index contributed by atoms with van der Waals surface area (Å²) < 4.78 is 6.24. The third-order valence-corrected chi connectivity index (χ3v) is 2.59. The highest BCUT2D eigenvalue weighted by atomic mass is 79.9. The van der Waals surface area contributed by atoms with E-state index in [4.69, 9.17) is 11.2 Å². The van der Waals surface area contributed by atoms with Gasteiger partial charge in [-0.3, -0.25) is 0 Å². The molecule has 1 atom stereocenters. The number of halogens is 1. The van der Waals surface area contributed by atoms with Gasteiger partial charge in [0, 0.05) is 4.47 Å². The fourth-order valence-corrected chi connectivity index (χ4v) is 1.60. The predicted molar refractivity (Wildman–Crippen MR) is 67.2 cm³/mol. The Kier molecular flexibility index (Phi) is 4.51. The van der Waals surface area contributed by atoms with Crippen LogP contribution in [-0.4, -0.2) is 13.2 Å². The summed E-state index contributed by atoms with van der Waals surface area (Å²) in [6.45, 7) is 2.04. The van der Waals surface area contributed by atoms with Gasteiger partial charge in [-0.05, 0) is 24.6 Å². The van der Waals surface area contributed by atoms with Crippen LogP contribution in [0.4, 0.5) is 5.69 Å². The van der Waals surface area contributed by atoms with Crippen molar-refractivity contribution in [3.63, 3.8) is 0 Å². The molecule has 1 unspecified atom stereocenters. The van der Waals surface area contributed by atoms with Crippen LogP contribution < -0.4 is 10.1 Å². The first-order chi connectivity index (χ1) is 7.21. The maximum absolute atomic E-state index is 5.40. The standard InChI is InChI=1S/C12H14BrNO/c1-4-10(5-2)14-11-8-9(13)6-7-12(11)15-3/h1,6-8,10,14H,5H2,2-3H3. The Bertz CT molecular complexity index is 370. The summed E-state index contributed by atoms with van der Waals surface area (Å²) in [6, 6.07) is 5.82. The molecule has 1 N–H and O–H groups in total. The average Bonchev–Trinajstić information content (AvgIpc) is 2.26. The second kappa shape index (κ2) is 5.67. The Morgan fingerprint density at radius 2 is 2.33 bits per heavy atom. The maximum atomic E-state index is 5.40. The molecule has 2 nitrogen and oxygen atoms in total. The quantitative estimate of drug-likeness (QED) is 0.846. The van der Waals surface area contributed by atoms with Crippen LogP contribution in [0.15, 0.2) is 22.7 Å². The molecule has 80 valence electrons. The first-order valence-corrected chi connectivity index (χ1v) is 5.56. The predicted octanol–water partition coefficient (Wildman–Crippen LogP) is 3.28. The number of benzene rings is 1. The lowest BCUT2D eigenvalue weighted by atomic mass is 10.2. The highest BCUT2D eigenvalue weighted by Crippen LogP contribution is 2.28. The summed E-state index contributed by atoms with van der Waals surface area (Å²) in [7, 11) is 1.64. The molecule has 0 aliphatic carbocycles. The van der Waals surface area contributed by atoms with E-state index in [0.717, 1.165) is 22.3 Å². The van der Waals surface area contributed by atoms with Crippen LogP contribution in [0.25, 0.3) is 0 Å². The van der Waals surface area contributed by atoms with Crippen molar-refractivity contribution in [3.8, 4) is 18.1 Å². The van der Waals surface area contributed by atoms with E-state index in [1.807, 2.05) is 25.1 Å². The van der Waals surface area contributed by atoms with Crippen molar-refractivity contribution in [3.05, 3.63) is 22.7 Å². The van der Waals surface area contributed by atoms with Crippen molar-refractivity contribution in [2.24, 2.45) is 0 Å². The molecule has 0 aromatic heterocycles. The molecule has 0 radical (unpaired) electrons. The molecule has 0 fully saturated rings. The third-order valence-electron chi connectivity index (χ3n) is 2.10. The molecular formula is C12H14BrNO.